The van der Waals surface area contributed by atoms with Gasteiger partial charge in [0.15, 0.2) is 6.39 Å². The summed E-state index contributed by atoms with van der Waals surface area (Å²) in [5, 5.41) is 0. The average molecular weight is 137 g/mol. The van der Waals surface area contributed by atoms with Crippen molar-refractivity contribution in [1.29, 1.82) is 0 Å². The monoisotopic (exact) mass is 137 g/mol. The van der Waals surface area contributed by atoms with Gasteiger partial charge in [0.25, 0.3) is 0 Å². The van der Waals surface area contributed by atoms with Gasteiger partial charge in [0, 0.05) is 0 Å². The van der Waals surface area contributed by atoms with E-state index in [2.05, 4.69) is 9.40 Å². The van der Waals surface area contributed by atoms with Crippen LogP contribution >= 0.6 is 0 Å². The molecular weight excluding hydrogens is 135 g/mol. The molecule has 0 atom stereocenters. The predicted octanol–water partition coefficient (Wildman–Crippen LogP) is 1.69. The van der Waals surface area contributed by atoms with E-state index in [1.807, 2.05) is 0 Å². The molecule has 0 saturated carbocycles. The first-order valence-electron chi connectivity index (χ1n) is 2.06. The maximum absolute atomic E-state index is 11.5. The highest BCUT2D eigenvalue weighted by Crippen LogP contribution is 2.28. The Labute approximate surface area is 48.3 Å². The summed E-state index contributed by atoms with van der Waals surface area (Å²) in [5.74, 6) is -1.07. The van der Waals surface area contributed by atoms with Crippen molar-refractivity contribution in [3.63, 3.8) is 0 Å². The van der Waals surface area contributed by atoms with Gasteiger partial charge in [-0.2, -0.15) is 13.2 Å². The average Bonchev–Trinajstić information content (AvgIpc) is 2.08. The van der Waals surface area contributed by atoms with E-state index < -0.39 is 11.9 Å². The Hall–Kier alpha value is -1.00. The highest BCUT2D eigenvalue weighted by molar-refractivity contribution is 4.92. The molecule has 1 aromatic heterocycles. The minimum absolute atomic E-state index is 0.625. The molecular formula is C4H2F3NO. The Morgan fingerprint density at radius 1 is 1.44 bits per heavy atom. The molecule has 2 nitrogen and oxygen atoms in total. The van der Waals surface area contributed by atoms with Crippen molar-refractivity contribution in [2.45, 2.75) is 6.18 Å². The van der Waals surface area contributed by atoms with Crippen LogP contribution in [0.15, 0.2) is 17.0 Å². The molecule has 1 heterocycles. The van der Waals surface area contributed by atoms with Gasteiger partial charge in [-0.05, 0) is 0 Å². The molecule has 0 aliphatic rings. The maximum Gasteiger partial charge on any atom is 0.451 e. The SMILES string of the molecule is FC(F)(F)c1cnco1. The summed E-state index contributed by atoms with van der Waals surface area (Å²) in [5.41, 5.74) is 0. The molecule has 0 bridgehead atoms. The highest BCUT2D eigenvalue weighted by Gasteiger charge is 2.34. The molecule has 0 saturated heterocycles. The van der Waals surface area contributed by atoms with Crippen LogP contribution in [-0.4, -0.2) is 4.98 Å². The van der Waals surface area contributed by atoms with E-state index in [4.69, 9.17) is 0 Å². The van der Waals surface area contributed by atoms with Crippen LogP contribution in [0.3, 0.4) is 0 Å². The van der Waals surface area contributed by atoms with Crippen molar-refractivity contribution in [3.05, 3.63) is 18.4 Å². The fourth-order valence-electron chi connectivity index (χ4n) is 0.356. The third-order valence-corrected chi connectivity index (χ3v) is 0.712. The lowest BCUT2D eigenvalue weighted by Crippen LogP contribution is -2.01. The molecule has 0 aliphatic carbocycles. The summed E-state index contributed by atoms with van der Waals surface area (Å²) in [6, 6.07) is 0. The van der Waals surface area contributed by atoms with Gasteiger partial charge in [-0.3, -0.25) is 0 Å². The van der Waals surface area contributed by atoms with Gasteiger partial charge < -0.3 is 4.42 Å². The zero-order valence-corrected chi connectivity index (χ0v) is 4.14. The molecule has 0 unspecified atom stereocenters. The van der Waals surface area contributed by atoms with E-state index in [-0.39, 0.29) is 0 Å². The van der Waals surface area contributed by atoms with Crippen molar-refractivity contribution >= 4 is 0 Å². The Morgan fingerprint density at radius 2 is 2.11 bits per heavy atom. The Morgan fingerprint density at radius 3 is 2.33 bits per heavy atom. The number of nitrogens with zero attached hydrogens (tertiary/aromatic N) is 1. The lowest BCUT2D eigenvalue weighted by molar-refractivity contribution is -0.153. The zero-order chi connectivity index (χ0) is 6.91. The van der Waals surface area contributed by atoms with Crippen molar-refractivity contribution < 1.29 is 17.6 Å². The minimum atomic E-state index is -4.41. The van der Waals surface area contributed by atoms with Crippen LogP contribution in [-0.2, 0) is 6.18 Å². The quantitative estimate of drug-likeness (QED) is 0.543. The van der Waals surface area contributed by atoms with Gasteiger partial charge >= 0.3 is 6.18 Å². The first-order valence-corrected chi connectivity index (χ1v) is 2.06. The van der Waals surface area contributed by atoms with Gasteiger partial charge in [0.1, 0.15) is 0 Å². The van der Waals surface area contributed by atoms with Crippen LogP contribution in [0.5, 0.6) is 0 Å². The molecule has 0 N–H and O–H groups in total. The lowest BCUT2D eigenvalue weighted by Gasteiger charge is -1.97. The summed E-state index contributed by atoms with van der Waals surface area (Å²) < 4.78 is 38.4. The second-order valence-corrected chi connectivity index (χ2v) is 1.36. The molecule has 0 amide bonds. The molecule has 0 aromatic carbocycles. The van der Waals surface area contributed by atoms with Crippen molar-refractivity contribution in [2.75, 3.05) is 0 Å². The minimum Gasteiger partial charge on any atom is -0.439 e. The van der Waals surface area contributed by atoms with E-state index in [1.165, 1.54) is 0 Å². The number of hydrogen-bond donors (Lipinski definition) is 0. The number of aromatic nitrogens is 1. The van der Waals surface area contributed by atoms with Gasteiger partial charge in [-0.25, -0.2) is 4.98 Å². The number of alkyl halides is 3. The number of halogens is 3. The summed E-state index contributed by atoms with van der Waals surface area (Å²) in [6.45, 7) is 0. The number of oxazole rings is 1. The van der Waals surface area contributed by atoms with Gasteiger partial charge in [0.05, 0.1) is 6.20 Å². The first-order chi connectivity index (χ1) is 4.11. The Kier molecular flexibility index (Phi) is 1.19. The maximum atomic E-state index is 11.5. The molecule has 0 fully saturated rings. The molecule has 1 aromatic rings. The van der Waals surface area contributed by atoms with E-state index >= 15 is 0 Å². The molecule has 5 heteroatoms. The molecule has 0 radical (unpaired) electrons. The normalized spacial score (nSPS) is 11.9. The van der Waals surface area contributed by atoms with Crippen molar-refractivity contribution in [1.82, 2.24) is 4.98 Å². The van der Waals surface area contributed by atoms with Crippen LogP contribution in [0.25, 0.3) is 0 Å². The van der Waals surface area contributed by atoms with E-state index in [9.17, 15) is 13.2 Å². The molecule has 50 valence electrons. The van der Waals surface area contributed by atoms with Gasteiger partial charge in [-0.15, -0.1) is 0 Å². The molecule has 1 rings (SSSR count). The Balaban J connectivity index is 2.90. The number of rotatable bonds is 0. The van der Waals surface area contributed by atoms with Crippen molar-refractivity contribution in [3.8, 4) is 0 Å². The van der Waals surface area contributed by atoms with Crippen LogP contribution in [0.1, 0.15) is 5.76 Å². The standard InChI is InChI=1S/C4H2F3NO/c5-4(6,7)3-1-8-2-9-3/h1-2H. The topological polar surface area (TPSA) is 26.0 Å². The first kappa shape index (κ1) is 6.12. The van der Waals surface area contributed by atoms with Crippen LogP contribution in [0.2, 0.25) is 0 Å². The second-order valence-electron chi connectivity index (χ2n) is 1.36. The van der Waals surface area contributed by atoms with Crippen LogP contribution < -0.4 is 0 Å². The molecule has 9 heavy (non-hydrogen) atoms. The van der Waals surface area contributed by atoms with E-state index in [0.29, 0.717) is 6.20 Å². The highest BCUT2D eigenvalue weighted by atomic mass is 19.4. The molecule has 0 aliphatic heterocycles. The largest absolute Gasteiger partial charge is 0.451 e. The third kappa shape index (κ3) is 1.22. The zero-order valence-electron chi connectivity index (χ0n) is 4.14. The van der Waals surface area contributed by atoms with E-state index in [0.717, 1.165) is 6.39 Å². The van der Waals surface area contributed by atoms with Gasteiger partial charge in [-0.1, -0.05) is 0 Å². The number of hydrogen-bond acceptors (Lipinski definition) is 2. The van der Waals surface area contributed by atoms with Crippen LogP contribution in [0.4, 0.5) is 13.2 Å². The molecule has 0 spiro atoms. The van der Waals surface area contributed by atoms with Gasteiger partial charge in [0.2, 0.25) is 5.76 Å². The van der Waals surface area contributed by atoms with Crippen LogP contribution in [0, 0.1) is 0 Å². The fraction of sp³-hybridized carbons (Fsp3) is 0.250. The third-order valence-electron chi connectivity index (χ3n) is 0.712. The summed E-state index contributed by atoms with van der Waals surface area (Å²) in [4.78, 5) is 3.10. The summed E-state index contributed by atoms with van der Waals surface area (Å²) in [7, 11) is 0. The van der Waals surface area contributed by atoms with Crippen molar-refractivity contribution in [2.24, 2.45) is 0 Å². The summed E-state index contributed by atoms with van der Waals surface area (Å²) in [6.07, 6.45) is -3.04. The lowest BCUT2D eigenvalue weighted by atomic mass is 10.5. The Bertz CT molecular complexity index is 178. The smallest absolute Gasteiger partial charge is 0.439 e. The summed E-state index contributed by atoms with van der Waals surface area (Å²) >= 11 is 0. The fourth-order valence-corrected chi connectivity index (χ4v) is 0.356. The predicted molar refractivity (Wildman–Crippen MR) is 21.5 cm³/mol. The van der Waals surface area contributed by atoms with E-state index in [1.54, 1.807) is 0 Å². The second kappa shape index (κ2) is 1.75.